The SMILES string of the molecule is Clc1cccc([Si](Cl)c2ccccc2)c1. The van der Waals surface area contributed by atoms with Crippen molar-refractivity contribution in [1.82, 2.24) is 0 Å². The number of hydrogen-bond donors (Lipinski definition) is 0. The highest BCUT2D eigenvalue weighted by Crippen LogP contribution is 2.05. The number of halogens is 2. The van der Waals surface area contributed by atoms with E-state index in [9.17, 15) is 0 Å². The Morgan fingerprint density at radius 1 is 0.800 bits per heavy atom. The molecular weight excluding hydrogens is 243 g/mol. The predicted molar refractivity (Wildman–Crippen MR) is 68.8 cm³/mol. The molecular formula is C12H9Cl2Si. The van der Waals surface area contributed by atoms with E-state index < -0.39 is 8.11 Å². The molecule has 15 heavy (non-hydrogen) atoms. The van der Waals surface area contributed by atoms with E-state index in [2.05, 4.69) is 12.1 Å². The standard InChI is InChI=1S/C12H9Cl2Si/c13-10-5-4-8-12(9-10)15(14)11-6-2-1-3-7-11/h1-9H. The monoisotopic (exact) mass is 251 g/mol. The lowest BCUT2D eigenvalue weighted by Gasteiger charge is -2.07. The fraction of sp³-hybridized carbons (Fsp3) is 0. The Bertz CT molecular complexity index is 442. The molecule has 2 aromatic carbocycles. The van der Waals surface area contributed by atoms with Crippen molar-refractivity contribution in [2.45, 2.75) is 0 Å². The zero-order valence-corrected chi connectivity index (χ0v) is 10.5. The molecule has 0 aliphatic carbocycles. The van der Waals surface area contributed by atoms with E-state index in [-0.39, 0.29) is 0 Å². The Hall–Kier alpha value is -0.763. The Labute approximate surface area is 101 Å². The van der Waals surface area contributed by atoms with Gasteiger partial charge in [-0.15, -0.1) is 0 Å². The second-order valence-electron chi connectivity index (χ2n) is 3.19. The largest absolute Gasteiger partial charge is 0.234 e. The van der Waals surface area contributed by atoms with E-state index in [1.165, 1.54) is 5.19 Å². The fourth-order valence-corrected chi connectivity index (χ4v) is 3.73. The van der Waals surface area contributed by atoms with Crippen LogP contribution in [0.3, 0.4) is 0 Å². The zero-order chi connectivity index (χ0) is 10.7. The van der Waals surface area contributed by atoms with Gasteiger partial charge in [0.05, 0.1) is 0 Å². The first-order valence-electron chi connectivity index (χ1n) is 4.61. The van der Waals surface area contributed by atoms with E-state index in [0.717, 1.165) is 10.2 Å². The minimum atomic E-state index is -1.18. The summed E-state index contributed by atoms with van der Waals surface area (Å²) >= 11 is 12.4. The molecule has 0 amide bonds. The first-order chi connectivity index (χ1) is 7.27. The van der Waals surface area contributed by atoms with Crippen LogP contribution >= 0.6 is 22.7 Å². The van der Waals surface area contributed by atoms with Crippen LogP contribution in [0.5, 0.6) is 0 Å². The van der Waals surface area contributed by atoms with E-state index >= 15 is 0 Å². The lowest BCUT2D eigenvalue weighted by molar-refractivity contribution is 1.74. The second kappa shape index (κ2) is 4.84. The van der Waals surface area contributed by atoms with Gasteiger partial charge in [0.1, 0.15) is 0 Å². The maximum absolute atomic E-state index is 6.45. The molecule has 0 saturated carbocycles. The van der Waals surface area contributed by atoms with E-state index in [0.29, 0.717) is 0 Å². The van der Waals surface area contributed by atoms with Gasteiger partial charge in [-0.3, -0.25) is 0 Å². The van der Waals surface area contributed by atoms with Crippen molar-refractivity contribution in [3.63, 3.8) is 0 Å². The van der Waals surface area contributed by atoms with Gasteiger partial charge >= 0.3 is 0 Å². The molecule has 0 atom stereocenters. The molecule has 2 rings (SSSR count). The van der Waals surface area contributed by atoms with Crippen molar-refractivity contribution in [3.05, 3.63) is 59.6 Å². The van der Waals surface area contributed by atoms with Crippen LogP contribution in [0.25, 0.3) is 0 Å². The summed E-state index contributed by atoms with van der Waals surface area (Å²) < 4.78 is 0. The van der Waals surface area contributed by atoms with Crippen molar-refractivity contribution in [1.29, 1.82) is 0 Å². The fourth-order valence-electron chi connectivity index (χ4n) is 1.38. The number of rotatable bonds is 2. The van der Waals surface area contributed by atoms with Crippen LogP contribution in [0.2, 0.25) is 5.02 Å². The van der Waals surface area contributed by atoms with Gasteiger partial charge in [-0.25, -0.2) is 0 Å². The predicted octanol–water partition coefficient (Wildman–Crippen LogP) is 2.68. The first-order valence-corrected chi connectivity index (χ1v) is 7.50. The Kier molecular flexibility index (Phi) is 3.47. The van der Waals surface area contributed by atoms with Crippen molar-refractivity contribution in [3.8, 4) is 0 Å². The number of hydrogen-bond acceptors (Lipinski definition) is 0. The molecule has 0 unspecified atom stereocenters. The van der Waals surface area contributed by atoms with Gasteiger partial charge in [-0.1, -0.05) is 54.1 Å². The third-order valence-electron chi connectivity index (χ3n) is 2.11. The minimum Gasteiger partial charge on any atom is -0.156 e. The highest BCUT2D eigenvalue weighted by molar-refractivity contribution is 7.21. The van der Waals surface area contributed by atoms with Crippen molar-refractivity contribution in [2.75, 3.05) is 0 Å². The quantitative estimate of drug-likeness (QED) is 0.569. The summed E-state index contributed by atoms with van der Waals surface area (Å²) in [5.74, 6) is 0. The van der Waals surface area contributed by atoms with Gasteiger partial charge in [0.25, 0.3) is 0 Å². The molecule has 0 nitrogen and oxygen atoms in total. The average molecular weight is 252 g/mol. The van der Waals surface area contributed by atoms with E-state index in [4.69, 9.17) is 22.7 Å². The topological polar surface area (TPSA) is 0 Å². The van der Waals surface area contributed by atoms with Gasteiger partial charge in [-0.2, -0.15) is 11.1 Å². The third kappa shape index (κ3) is 2.62. The highest BCUT2D eigenvalue weighted by Gasteiger charge is 2.13. The van der Waals surface area contributed by atoms with Gasteiger partial charge in [0.2, 0.25) is 8.11 Å². The normalized spacial score (nSPS) is 10.6. The van der Waals surface area contributed by atoms with Gasteiger partial charge in [0, 0.05) is 5.02 Å². The summed E-state index contributed by atoms with van der Waals surface area (Å²) in [6, 6.07) is 17.9. The summed E-state index contributed by atoms with van der Waals surface area (Å²) in [7, 11) is -1.18. The summed E-state index contributed by atoms with van der Waals surface area (Å²) in [6.45, 7) is 0. The Morgan fingerprint density at radius 3 is 2.13 bits per heavy atom. The summed E-state index contributed by atoms with van der Waals surface area (Å²) in [5.41, 5.74) is 0. The second-order valence-corrected chi connectivity index (χ2v) is 6.54. The average Bonchev–Trinajstić information content (AvgIpc) is 2.29. The molecule has 0 aliphatic rings. The molecule has 0 bridgehead atoms. The van der Waals surface area contributed by atoms with Gasteiger partial charge in [0.15, 0.2) is 0 Å². The van der Waals surface area contributed by atoms with Crippen LogP contribution in [0.1, 0.15) is 0 Å². The van der Waals surface area contributed by atoms with Crippen molar-refractivity contribution < 1.29 is 0 Å². The van der Waals surface area contributed by atoms with Crippen LogP contribution in [-0.4, -0.2) is 8.11 Å². The number of benzene rings is 2. The minimum absolute atomic E-state index is 0.742. The van der Waals surface area contributed by atoms with Crippen molar-refractivity contribution >= 4 is 41.2 Å². The molecule has 2 aromatic rings. The lowest BCUT2D eigenvalue weighted by Crippen LogP contribution is -2.36. The van der Waals surface area contributed by atoms with Crippen LogP contribution < -0.4 is 10.4 Å². The molecule has 3 heteroatoms. The maximum Gasteiger partial charge on any atom is 0.234 e. The smallest absolute Gasteiger partial charge is 0.156 e. The van der Waals surface area contributed by atoms with Crippen LogP contribution in [0, 0.1) is 0 Å². The third-order valence-corrected chi connectivity index (χ3v) is 5.31. The summed E-state index contributed by atoms with van der Waals surface area (Å²) in [6.07, 6.45) is 0. The van der Waals surface area contributed by atoms with Crippen LogP contribution in [0.4, 0.5) is 0 Å². The molecule has 0 heterocycles. The Balaban J connectivity index is 2.32. The van der Waals surface area contributed by atoms with Gasteiger partial charge < -0.3 is 0 Å². The van der Waals surface area contributed by atoms with E-state index in [1.807, 2.05) is 42.5 Å². The summed E-state index contributed by atoms with van der Waals surface area (Å²) in [4.78, 5) is 0. The highest BCUT2D eigenvalue weighted by atomic mass is 35.6. The van der Waals surface area contributed by atoms with Crippen molar-refractivity contribution in [2.24, 2.45) is 0 Å². The Morgan fingerprint density at radius 2 is 1.47 bits per heavy atom. The molecule has 0 N–H and O–H groups in total. The molecule has 0 spiro atoms. The molecule has 0 saturated heterocycles. The maximum atomic E-state index is 6.45. The van der Waals surface area contributed by atoms with Crippen LogP contribution in [-0.2, 0) is 0 Å². The molecule has 75 valence electrons. The molecule has 0 aliphatic heterocycles. The molecule has 1 radical (unpaired) electrons. The first kappa shape index (κ1) is 10.7. The molecule has 0 fully saturated rings. The van der Waals surface area contributed by atoms with Gasteiger partial charge in [-0.05, 0) is 22.5 Å². The lowest BCUT2D eigenvalue weighted by atomic mass is 10.4. The van der Waals surface area contributed by atoms with Crippen LogP contribution in [0.15, 0.2) is 54.6 Å². The zero-order valence-electron chi connectivity index (χ0n) is 7.95. The van der Waals surface area contributed by atoms with E-state index in [1.54, 1.807) is 0 Å². The summed E-state index contributed by atoms with van der Waals surface area (Å²) in [5, 5.41) is 3.05. The molecule has 0 aromatic heterocycles.